The van der Waals surface area contributed by atoms with Crippen LogP contribution in [0.2, 0.25) is 0 Å². The first-order chi connectivity index (χ1) is 8.88. The number of hydrogen-bond donors (Lipinski definition) is 2. The highest BCUT2D eigenvalue weighted by Gasteiger charge is 2.15. The SMILES string of the molecule is CCOCCCNS(=O)(=O)c1cc(C)c(C)c(N)c1. The maximum atomic E-state index is 12.1. The zero-order valence-corrected chi connectivity index (χ0v) is 12.5. The van der Waals surface area contributed by atoms with Crippen molar-refractivity contribution in [1.29, 1.82) is 0 Å². The number of benzene rings is 1. The summed E-state index contributed by atoms with van der Waals surface area (Å²) in [5.41, 5.74) is 8.08. The van der Waals surface area contributed by atoms with Gasteiger partial charge < -0.3 is 10.5 Å². The number of anilines is 1. The highest BCUT2D eigenvalue weighted by Crippen LogP contribution is 2.21. The molecule has 0 unspecified atom stereocenters. The first-order valence-corrected chi connectivity index (χ1v) is 7.81. The van der Waals surface area contributed by atoms with E-state index < -0.39 is 10.0 Å². The number of hydrogen-bond acceptors (Lipinski definition) is 4. The average Bonchev–Trinajstić information content (AvgIpc) is 2.35. The van der Waals surface area contributed by atoms with Gasteiger partial charge in [-0.3, -0.25) is 0 Å². The normalized spacial score (nSPS) is 11.7. The minimum atomic E-state index is -3.49. The summed E-state index contributed by atoms with van der Waals surface area (Å²) in [5, 5.41) is 0. The third-order valence-corrected chi connectivity index (χ3v) is 4.39. The molecule has 0 amide bonds. The standard InChI is InChI=1S/C13H22N2O3S/c1-4-18-7-5-6-15-19(16,17)12-8-10(2)11(3)13(14)9-12/h8-9,15H,4-7,14H2,1-3H3. The van der Waals surface area contributed by atoms with Crippen LogP contribution in [0.5, 0.6) is 0 Å². The number of rotatable bonds is 7. The molecule has 0 spiro atoms. The van der Waals surface area contributed by atoms with Crippen LogP contribution in [0.25, 0.3) is 0 Å². The lowest BCUT2D eigenvalue weighted by atomic mass is 10.1. The van der Waals surface area contributed by atoms with Gasteiger partial charge in [0.25, 0.3) is 0 Å². The number of nitrogen functional groups attached to an aromatic ring is 1. The van der Waals surface area contributed by atoms with Crippen LogP contribution < -0.4 is 10.5 Å². The predicted molar refractivity (Wildman–Crippen MR) is 76.6 cm³/mol. The summed E-state index contributed by atoms with van der Waals surface area (Å²) < 4.78 is 31.8. The van der Waals surface area contributed by atoms with Crippen LogP contribution >= 0.6 is 0 Å². The molecular weight excluding hydrogens is 264 g/mol. The topological polar surface area (TPSA) is 81.4 Å². The fourth-order valence-corrected chi connectivity index (χ4v) is 2.81. The zero-order valence-electron chi connectivity index (χ0n) is 11.7. The maximum Gasteiger partial charge on any atom is 0.240 e. The Kier molecular flexibility index (Phi) is 5.78. The van der Waals surface area contributed by atoms with E-state index in [0.29, 0.717) is 31.9 Å². The van der Waals surface area contributed by atoms with Crippen LogP contribution in [0, 0.1) is 13.8 Å². The molecule has 0 bridgehead atoms. The first kappa shape index (κ1) is 15.9. The first-order valence-electron chi connectivity index (χ1n) is 6.32. The number of nitrogens with two attached hydrogens (primary N) is 1. The molecular formula is C13H22N2O3S. The lowest BCUT2D eigenvalue weighted by Crippen LogP contribution is -2.26. The summed E-state index contributed by atoms with van der Waals surface area (Å²) >= 11 is 0. The second-order valence-corrected chi connectivity index (χ2v) is 6.17. The summed E-state index contributed by atoms with van der Waals surface area (Å²) in [4.78, 5) is 0.213. The Bertz CT molecular complexity index is 504. The molecule has 1 aromatic carbocycles. The largest absolute Gasteiger partial charge is 0.398 e. The highest BCUT2D eigenvalue weighted by atomic mass is 32.2. The van der Waals surface area contributed by atoms with Gasteiger partial charge in [0.05, 0.1) is 4.90 Å². The molecule has 3 N–H and O–H groups in total. The van der Waals surface area contributed by atoms with Gasteiger partial charge in [-0.05, 0) is 50.5 Å². The van der Waals surface area contributed by atoms with E-state index in [2.05, 4.69) is 4.72 Å². The van der Waals surface area contributed by atoms with Gasteiger partial charge in [-0.15, -0.1) is 0 Å². The Balaban J connectivity index is 2.72. The van der Waals surface area contributed by atoms with E-state index in [1.54, 1.807) is 6.07 Å². The van der Waals surface area contributed by atoms with E-state index in [0.717, 1.165) is 11.1 Å². The average molecular weight is 286 g/mol. The van der Waals surface area contributed by atoms with E-state index in [4.69, 9.17) is 10.5 Å². The van der Waals surface area contributed by atoms with Gasteiger partial charge in [-0.25, -0.2) is 13.1 Å². The molecule has 0 radical (unpaired) electrons. The lowest BCUT2D eigenvalue weighted by Gasteiger charge is -2.10. The molecule has 0 saturated carbocycles. The minimum Gasteiger partial charge on any atom is -0.398 e. The number of ether oxygens (including phenoxy) is 1. The van der Waals surface area contributed by atoms with Crippen LogP contribution in [-0.2, 0) is 14.8 Å². The Morgan fingerprint density at radius 3 is 2.58 bits per heavy atom. The molecule has 0 aliphatic heterocycles. The Morgan fingerprint density at radius 2 is 2.00 bits per heavy atom. The summed E-state index contributed by atoms with van der Waals surface area (Å²) in [6, 6.07) is 3.13. The number of sulfonamides is 1. The number of nitrogens with one attached hydrogen (secondary N) is 1. The molecule has 0 fully saturated rings. The van der Waals surface area contributed by atoms with Crippen LogP contribution in [0.4, 0.5) is 5.69 Å². The Labute approximate surface area is 115 Å². The molecule has 108 valence electrons. The van der Waals surface area contributed by atoms with Gasteiger partial charge in [-0.2, -0.15) is 0 Å². The monoisotopic (exact) mass is 286 g/mol. The van der Waals surface area contributed by atoms with Crippen molar-refractivity contribution in [3.8, 4) is 0 Å². The van der Waals surface area contributed by atoms with E-state index in [9.17, 15) is 8.42 Å². The van der Waals surface area contributed by atoms with Gasteiger partial charge >= 0.3 is 0 Å². The van der Waals surface area contributed by atoms with Crippen molar-refractivity contribution in [2.75, 3.05) is 25.5 Å². The van der Waals surface area contributed by atoms with Crippen LogP contribution in [0.1, 0.15) is 24.5 Å². The second-order valence-electron chi connectivity index (χ2n) is 4.40. The molecule has 0 aromatic heterocycles. The van der Waals surface area contributed by atoms with Crippen molar-refractivity contribution in [3.63, 3.8) is 0 Å². The molecule has 6 heteroatoms. The summed E-state index contributed by atoms with van der Waals surface area (Å²) in [6.45, 7) is 7.17. The molecule has 0 aliphatic carbocycles. The third-order valence-electron chi connectivity index (χ3n) is 2.95. The minimum absolute atomic E-state index is 0.213. The maximum absolute atomic E-state index is 12.1. The summed E-state index contributed by atoms with van der Waals surface area (Å²) in [5.74, 6) is 0. The quantitative estimate of drug-likeness (QED) is 0.589. The van der Waals surface area contributed by atoms with Gasteiger partial charge in [0.2, 0.25) is 10.0 Å². The molecule has 0 atom stereocenters. The van der Waals surface area contributed by atoms with E-state index in [1.165, 1.54) is 6.07 Å². The van der Waals surface area contributed by atoms with Gasteiger partial charge in [0.15, 0.2) is 0 Å². The van der Waals surface area contributed by atoms with Crippen molar-refractivity contribution >= 4 is 15.7 Å². The van der Waals surface area contributed by atoms with Crippen molar-refractivity contribution in [1.82, 2.24) is 4.72 Å². The number of aryl methyl sites for hydroxylation is 1. The summed E-state index contributed by atoms with van der Waals surface area (Å²) in [6.07, 6.45) is 0.646. The molecule has 0 heterocycles. The van der Waals surface area contributed by atoms with Crippen molar-refractivity contribution in [3.05, 3.63) is 23.3 Å². The molecule has 0 aliphatic rings. The van der Waals surface area contributed by atoms with Gasteiger partial charge in [0, 0.05) is 25.4 Å². The second kappa shape index (κ2) is 6.88. The van der Waals surface area contributed by atoms with Crippen LogP contribution in [-0.4, -0.2) is 28.2 Å². The molecule has 1 aromatic rings. The molecule has 0 saturated heterocycles. The van der Waals surface area contributed by atoms with E-state index in [1.807, 2.05) is 20.8 Å². The van der Waals surface area contributed by atoms with Crippen molar-refractivity contribution < 1.29 is 13.2 Å². The van der Waals surface area contributed by atoms with Crippen LogP contribution in [0.15, 0.2) is 17.0 Å². The molecule has 5 nitrogen and oxygen atoms in total. The fraction of sp³-hybridized carbons (Fsp3) is 0.538. The van der Waals surface area contributed by atoms with Crippen LogP contribution in [0.3, 0.4) is 0 Å². The van der Waals surface area contributed by atoms with E-state index in [-0.39, 0.29) is 4.90 Å². The zero-order chi connectivity index (χ0) is 14.5. The van der Waals surface area contributed by atoms with Crippen molar-refractivity contribution in [2.24, 2.45) is 0 Å². The van der Waals surface area contributed by atoms with E-state index >= 15 is 0 Å². The lowest BCUT2D eigenvalue weighted by molar-refractivity contribution is 0.146. The summed E-state index contributed by atoms with van der Waals surface area (Å²) in [7, 11) is -3.49. The molecule has 1 rings (SSSR count). The predicted octanol–water partition coefficient (Wildman–Crippen LogP) is 1.59. The Hall–Kier alpha value is -1.11. The fourth-order valence-electron chi connectivity index (χ4n) is 1.62. The molecule has 19 heavy (non-hydrogen) atoms. The third kappa shape index (κ3) is 4.49. The van der Waals surface area contributed by atoms with Gasteiger partial charge in [-0.1, -0.05) is 0 Å². The smallest absolute Gasteiger partial charge is 0.240 e. The van der Waals surface area contributed by atoms with Gasteiger partial charge in [0.1, 0.15) is 0 Å². The highest BCUT2D eigenvalue weighted by molar-refractivity contribution is 7.89. The van der Waals surface area contributed by atoms with Crippen molar-refractivity contribution in [2.45, 2.75) is 32.1 Å². The Morgan fingerprint density at radius 1 is 1.32 bits per heavy atom.